The van der Waals surface area contributed by atoms with Gasteiger partial charge in [-0.05, 0) is 12.1 Å². The van der Waals surface area contributed by atoms with Crippen LogP contribution in [0.3, 0.4) is 0 Å². The van der Waals surface area contributed by atoms with Crippen molar-refractivity contribution in [2.45, 2.75) is 18.4 Å². The summed E-state index contributed by atoms with van der Waals surface area (Å²) in [7, 11) is 1.47. The lowest BCUT2D eigenvalue weighted by Crippen LogP contribution is -2.41. The molecule has 0 heterocycles. The molecule has 0 aromatic heterocycles. The van der Waals surface area contributed by atoms with Crippen molar-refractivity contribution in [2.24, 2.45) is 0 Å². The first-order valence-electron chi connectivity index (χ1n) is 6.24. The number of aliphatic hydroxyl groups excluding tert-OH is 2. The third kappa shape index (κ3) is 6.19. The van der Waals surface area contributed by atoms with Crippen LogP contribution in [0.2, 0.25) is 0 Å². The van der Waals surface area contributed by atoms with Gasteiger partial charge in [-0.25, -0.2) is 0 Å². The second-order valence-corrected chi connectivity index (χ2v) is 4.33. The van der Waals surface area contributed by atoms with Gasteiger partial charge in [0.05, 0.1) is 7.11 Å². The summed E-state index contributed by atoms with van der Waals surface area (Å²) in [4.78, 5) is 0. The Morgan fingerprint density at radius 2 is 1.76 bits per heavy atom. The van der Waals surface area contributed by atoms with Crippen molar-refractivity contribution in [3.63, 3.8) is 0 Å². The highest BCUT2D eigenvalue weighted by Crippen LogP contribution is 2.25. The molecule has 0 aliphatic heterocycles. The molecule has 21 heavy (non-hydrogen) atoms. The summed E-state index contributed by atoms with van der Waals surface area (Å²) in [6, 6.07) is 6.80. The summed E-state index contributed by atoms with van der Waals surface area (Å²) in [5.74, 6) is 0.916. The van der Waals surface area contributed by atoms with E-state index < -0.39 is 24.9 Å². The van der Waals surface area contributed by atoms with E-state index in [1.54, 1.807) is 24.3 Å². The van der Waals surface area contributed by atoms with E-state index in [1.807, 2.05) is 0 Å². The van der Waals surface area contributed by atoms with E-state index in [0.29, 0.717) is 11.5 Å². The number of methoxy groups -OCH3 is 1. The Labute approximate surface area is 120 Å². The van der Waals surface area contributed by atoms with Gasteiger partial charge in [-0.3, -0.25) is 0 Å². The third-order valence-electron chi connectivity index (χ3n) is 2.60. The number of benzene rings is 1. The van der Waals surface area contributed by atoms with Crippen LogP contribution in [0.4, 0.5) is 13.2 Å². The normalized spacial score (nSPS) is 14.6. The van der Waals surface area contributed by atoms with Crippen LogP contribution in [-0.4, -0.2) is 55.4 Å². The third-order valence-corrected chi connectivity index (χ3v) is 2.60. The fraction of sp³-hybridized carbons (Fsp3) is 0.538. The number of halogens is 3. The van der Waals surface area contributed by atoms with Gasteiger partial charge in [0, 0.05) is 13.1 Å². The highest BCUT2D eigenvalue weighted by Gasteiger charge is 2.37. The Kier molecular flexibility index (Phi) is 6.73. The van der Waals surface area contributed by atoms with Crippen molar-refractivity contribution >= 4 is 0 Å². The highest BCUT2D eigenvalue weighted by atomic mass is 19.4. The molecule has 0 aliphatic carbocycles. The maximum Gasteiger partial charge on any atom is 0.415 e. The van der Waals surface area contributed by atoms with Gasteiger partial charge in [-0.2, -0.15) is 13.2 Å². The van der Waals surface area contributed by atoms with Gasteiger partial charge in [-0.15, -0.1) is 0 Å². The topological polar surface area (TPSA) is 71.0 Å². The van der Waals surface area contributed by atoms with Crippen molar-refractivity contribution in [1.82, 2.24) is 5.32 Å². The molecule has 0 spiro atoms. The van der Waals surface area contributed by atoms with Gasteiger partial charge in [0.25, 0.3) is 0 Å². The average molecular weight is 309 g/mol. The van der Waals surface area contributed by atoms with Crippen LogP contribution in [0, 0.1) is 0 Å². The summed E-state index contributed by atoms with van der Waals surface area (Å²) >= 11 is 0. The SMILES string of the molecule is COc1ccccc1OCC(O)CNCC(O)C(F)(F)F. The smallest absolute Gasteiger partial charge is 0.415 e. The van der Waals surface area contributed by atoms with E-state index in [4.69, 9.17) is 14.6 Å². The number of hydrogen-bond donors (Lipinski definition) is 3. The monoisotopic (exact) mass is 309 g/mol. The average Bonchev–Trinajstić information content (AvgIpc) is 2.44. The van der Waals surface area contributed by atoms with Gasteiger partial charge in [0.15, 0.2) is 17.6 Å². The van der Waals surface area contributed by atoms with E-state index in [2.05, 4.69) is 5.32 Å². The Morgan fingerprint density at radius 1 is 1.14 bits per heavy atom. The van der Waals surface area contributed by atoms with Crippen LogP contribution >= 0.6 is 0 Å². The van der Waals surface area contributed by atoms with Gasteiger partial charge in [0.2, 0.25) is 0 Å². The summed E-state index contributed by atoms with van der Waals surface area (Å²) in [5.41, 5.74) is 0. The van der Waals surface area contributed by atoms with Gasteiger partial charge in [0.1, 0.15) is 12.7 Å². The van der Waals surface area contributed by atoms with E-state index >= 15 is 0 Å². The molecule has 0 amide bonds. The molecular weight excluding hydrogens is 291 g/mol. The molecular formula is C13H18F3NO4. The lowest BCUT2D eigenvalue weighted by Gasteiger charge is -2.17. The quantitative estimate of drug-likeness (QED) is 0.667. The van der Waals surface area contributed by atoms with Crippen LogP contribution < -0.4 is 14.8 Å². The molecule has 2 atom stereocenters. The number of nitrogens with one attached hydrogen (secondary N) is 1. The summed E-state index contributed by atoms with van der Waals surface area (Å²) in [6.07, 6.45) is -8.15. The molecule has 5 nitrogen and oxygen atoms in total. The second kappa shape index (κ2) is 8.06. The number of aliphatic hydroxyl groups is 2. The predicted octanol–water partition coefficient (Wildman–Crippen LogP) is 0.948. The number of rotatable bonds is 8. The Hall–Kier alpha value is -1.51. The Morgan fingerprint density at radius 3 is 2.33 bits per heavy atom. The standard InChI is InChI=1S/C13H18F3NO4/c1-20-10-4-2-3-5-11(10)21-8-9(18)6-17-7-12(19)13(14,15)16/h2-5,9,12,17-19H,6-8H2,1H3. The molecule has 1 aromatic rings. The van der Waals surface area contributed by atoms with Crippen molar-refractivity contribution in [2.75, 3.05) is 26.8 Å². The molecule has 0 fully saturated rings. The maximum atomic E-state index is 12.0. The highest BCUT2D eigenvalue weighted by molar-refractivity contribution is 5.39. The van der Waals surface area contributed by atoms with Gasteiger partial charge in [-0.1, -0.05) is 12.1 Å². The van der Waals surface area contributed by atoms with Crippen LogP contribution in [0.25, 0.3) is 0 Å². The Balaban J connectivity index is 2.30. The van der Waals surface area contributed by atoms with E-state index in [0.717, 1.165) is 0 Å². The van der Waals surface area contributed by atoms with Crippen LogP contribution in [0.1, 0.15) is 0 Å². The van der Waals surface area contributed by atoms with Gasteiger partial charge < -0.3 is 25.0 Å². The Bertz CT molecular complexity index is 428. The van der Waals surface area contributed by atoms with Crippen LogP contribution in [0.15, 0.2) is 24.3 Å². The minimum Gasteiger partial charge on any atom is -0.493 e. The molecule has 8 heteroatoms. The lowest BCUT2D eigenvalue weighted by atomic mass is 10.3. The van der Waals surface area contributed by atoms with Gasteiger partial charge >= 0.3 is 6.18 Å². The van der Waals surface area contributed by atoms with Crippen LogP contribution in [0.5, 0.6) is 11.5 Å². The number of hydrogen-bond acceptors (Lipinski definition) is 5. The van der Waals surface area contributed by atoms with E-state index in [1.165, 1.54) is 7.11 Å². The van der Waals surface area contributed by atoms with E-state index in [-0.39, 0.29) is 13.2 Å². The fourth-order valence-electron chi connectivity index (χ4n) is 1.49. The number of para-hydroxylation sites is 2. The first kappa shape index (κ1) is 17.5. The first-order chi connectivity index (χ1) is 9.84. The molecule has 1 rings (SSSR count). The van der Waals surface area contributed by atoms with Crippen molar-refractivity contribution in [3.05, 3.63) is 24.3 Å². The fourth-order valence-corrected chi connectivity index (χ4v) is 1.49. The molecule has 0 aliphatic rings. The zero-order chi connectivity index (χ0) is 15.9. The van der Waals surface area contributed by atoms with Crippen LogP contribution in [-0.2, 0) is 0 Å². The molecule has 0 bridgehead atoms. The number of alkyl halides is 3. The van der Waals surface area contributed by atoms with Crippen molar-refractivity contribution < 1.29 is 32.9 Å². The maximum absolute atomic E-state index is 12.0. The minimum absolute atomic E-state index is 0.116. The van der Waals surface area contributed by atoms with Crippen molar-refractivity contribution in [1.29, 1.82) is 0 Å². The zero-order valence-corrected chi connectivity index (χ0v) is 11.4. The molecule has 0 saturated carbocycles. The second-order valence-electron chi connectivity index (χ2n) is 4.33. The minimum atomic E-state index is -4.67. The number of ether oxygens (including phenoxy) is 2. The largest absolute Gasteiger partial charge is 0.493 e. The van der Waals surface area contributed by atoms with E-state index in [9.17, 15) is 18.3 Å². The summed E-state index contributed by atoms with van der Waals surface area (Å²) in [6.45, 7) is -0.938. The molecule has 0 saturated heterocycles. The predicted molar refractivity (Wildman–Crippen MR) is 69.4 cm³/mol. The first-order valence-corrected chi connectivity index (χ1v) is 6.24. The van der Waals surface area contributed by atoms with Crippen molar-refractivity contribution in [3.8, 4) is 11.5 Å². The molecule has 120 valence electrons. The summed E-state index contributed by atoms with van der Waals surface area (Å²) in [5, 5.41) is 20.7. The zero-order valence-electron chi connectivity index (χ0n) is 11.4. The summed E-state index contributed by atoms with van der Waals surface area (Å²) < 4.78 is 46.5. The molecule has 3 N–H and O–H groups in total. The molecule has 1 aromatic carbocycles. The molecule has 2 unspecified atom stereocenters. The molecule has 0 radical (unpaired) electrons. The lowest BCUT2D eigenvalue weighted by molar-refractivity contribution is -0.202.